The summed E-state index contributed by atoms with van der Waals surface area (Å²) >= 11 is 0. The number of nitrogen functional groups attached to an aromatic ring is 1. The molecule has 1 rings (SSSR count). The van der Waals surface area contributed by atoms with Crippen molar-refractivity contribution < 1.29 is 0 Å². The van der Waals surface area contributed by atoms with Crippen LogP contribution in [0.4, 0.5) is 5.69 Å². The molecular weight excluding hydrogens is 116 g/mol. The predicted molar refractivity (Wildman–Crippen MR) is 34.9 cm³/mol. The van der Waals surface area contributed by atoms with Crippen molar-refractivity contribution in [3.63, 3.8) is 0 Å². The Balaban J connectivity index is 3.42. The van der Waals surface area contributed by atoms with Crippen LogP contribution in [0.15, 0.2) is 29.2 Å². The van der Waals surface area contributed by atoms with Gasteiger partial charge in [-0.2, -0.15) is 0 Å². The Hall–Kier alpha value is -1.38. The molecule has 0 atom stereocenters. The average molecular weight is 122 g/mol. The molecule has 0 bridgehead atoms. The normalized spacial score (nSPS) is 8.89. The van der Waals surface area contributed by atoms with Crippen LogP contribution in [-0.4, -0.2) is 4.98 Å². The van der Waals surface area contributed by atoms with Gasteiger partial charge >= 0.3 is 0 Å². The van der Waals surface area contributed by atoms with E-state index >= 15 is 0 Å². The number of hydrogen-bond donors (Lipinski definition) is 1. The third-order valence-electron chi connectivity index (χ3n) is 0.912. The second-order valence-electron chi connectivity index (χ2n) is 1.59. The summed E-state index contributed by atoms with van der Waals surface area (Å²) in [6.45, 7) is 0. The van der Waals surface area contributed by atoms with Crippen LogP contribution in [0.5, 0.6) is 0 Å². The van der Waals surface area contributed by atoms with Crippen LogP contribution in [0.2, 0.25) is 0 Å². The van der Waals surface area contributed by atoms with Gasteiger partial charge in [0.25, 0.3) is 5.56 Å². The van der Waals surface area contributed by atoms with Gasteiger partial charge < -0.3 is 5.73 Å². The first kappa shape index (κ1) is 5.75. The minimum Gasteiger partial charge on any atom is -0.394 e. The van der Waals surface area contributed by atoms with Gasteiger partial charge in [0.2, 0.25) is 0 Å². The van der Waals surface area contributed by atoms with E-state index in [4.69, 9.17) is 5.73 Å². The van der Waals surface area contributed by atoms with E-state index < -0.39 is 0 Å². The van der Waals surface area contributed by atoms with Crippen molar-refractivity contribution in [1.29, 1.82) is 0 Å². The maximum absolute atomic E-state index is 10.6. The summed E-state index contributed by atoms with van der Waals surface area (Å²) in [7, 11) is 0. The third-order valence-corrected chi connectivity index (χ3v) is 0.912. The largest absolute Gasteiger partial charge is 0.394 e. The summed E-state index contributed by atoms with van der Waals surface area (Å²) in [6.07, 6.45) is 1.42. The van der Waals surface area contributed by atoms with Gasteiger partial charge in [0, 0.05) is 6.20 Å². The highest BCUT2D eigenvalue weighted by Crippen LogP contribution is 1.84. The Bertz CT molecular complexity index is 259. The fourth-order valence-electron chi connectivity index (χ4n) is 0.465. The van der Waals surface area contributed by atoms with Crippen LogP contribution >= 0.6 is 0 Å². The van der Waals surface area contributed by atoms with Crippen LogP contribution < -0.4 is 11.3 Å². The van der Waals surface area contributed by atoms with E-state index in [1.165, 1.54) is 12.3 Å². The van der Waals surface area contributed by atoms with Gasteiger partial charge in [0.15, 0.2) is 0 Å². The standard InChI is InChI=1S/C6H6N2O/c7-5-3-1-2-4-8-6(5)9/h1-4H,(H2,7,8,9). The van der Waals surface area contributed by atoms with Gasteiger partial charge in [-0.15, -0.1) is 0 Å². The van der Waals surface area contributed by atoms with E-state index in [1.807, 2.05) is 0 Å². The Kier molecular flexibility index (Phi) is 1.44. The molecule has 1 aromatic heterocycles. The fourth-order valence-corrected chi connectivity index (χ4v) is 0.465. The van der Waals surface area contributed by atoms with Gasteiger partial charge in [-0.1, -0.05) is 6.07 Å². The van der Waals surface area contributed by atoms with Crippen molar-refractivity contribution in [2.75, 3.05) is 5.73 Å². The second kappa shape index (κ2) is 2.26. The Morgan fingerprint density at radius 3 is 3.00 bits per heavy atom. The number of rotatable bonds is 0. The molecule has 9 heavy (non-hydrogen) atoms. The van der Waals surface area contributed by atoms with Crippen molar-refractivity contribution in [3.8, 4) is 0 Å². The molecule has 0 radical (unpaired) electrons. The third kappa shape index (κ3) is 1.25. The van der Waals surface area contributed by atoms with Crippen LogP contribution in [0.1, 0.15) is 0 Å². The first-order valence-electron chi connectivity index (χ1n) is 2.51. The van der Waals surface area contributed by atoms with Crippen molar-refractivity contribution in [1.82, 2.24) is 4.98 Å². The van der Waals surface area contributed by atoms with Crippen LogP contribution in [-0.2, 0) is 0 Å². The molecule has 1 heterocycles. The number of nitrogens with zero attached hydrogens (tertiary/aromatic N) is 1. The minimum absolute atomic E-state index is 0.181. The zero-order chi connectivity index (χ0) is 6.69. The van der Waals surface area contributed by atoms with Gasteiger partial charge in [-0.05, 0) is 12.1 Å². The molecule has 0 saturated carbocycles. The van der Waals surface area contributed by atoms with Crippen molar-refractivity contribution in [3.05, 3.63) is 34.7 Å². The highest BCUT2D eigenvalue weighted by atomic mass is 16.1. The smallest absolute Gasteiger partial charge is 0.292 e. The van der Waals surface area contributed by atoms with Crippen LogP contribution in [0.25, 0.3) is 0 Å². The SMILES string of the molecule is Nc1ccccnc1=O. The zero-order valence-electron chi connectivity index (χ0n) is 4.74. The number of hydrogen-bond acceptors (Lipinski definition) is 3. The highest BCUT2D eigenvalue weighted by molar-refractivity contribution is 5.32. The van der Waals surface area contributed by atoms with E-state index in [2.05, 4.69) is 4.98 Å². The summed E-state index contributed by atoms with van der Waals surface area (Å²) in [5, 5.41) is 0. The molecule has 0 saturated heterocycles. The number of anilines is 1. The summed E-state index contributed by atoms with van der Waals surface area (Å²) in [4.78, 5) is 14.0. The average Bonchev–Trinajstić information content (AvgIpc) is 1.99. The zero-order valence-corrected chi connectivity index (χ0v) is 4.74. The monoisotopic (exact) mass is 122 g/mol. The van der Waals surface area contributed by atoms with Crippen molar-refractivity contribution in [2.45, 2.75) is 0 Å². The fraction of sp³-hybridized carbons (Fsp3) is 0. The summed E-state index contributed by atoms with van der Waals surface area (Å²) in [5.74, 6) is 0. The molecule has 0 spiro atoms. The minimum atomic E-state index is -0.375. The molecule has 0 amide bonds. The molecule has 3 nitrogen and oxygen atoms in total. The van der Waals surface area contributed by atoms with Crippen molar-refractivity contribution in [2.24, 2.45) is 0 Å². The van der Waals surface area contributed by atoms with E-state index in [1.54, 1.807) is 12.1 Å². The van der Waals surface area contributed by atoms with Crippen LogP contribution in [0, 0.1) is 0 Å². The van der Waals surface area contributed by atoms with Gasteiger partial charge in [-0.25, -0.2) is 4.98 Å². The summed E-state index contributed by atoms with van der Waals surface area (Å²) in [5.41, 5.74) is 5.03. The van der Waals surface area contributed by atoms with E-state index in [0.29, 0.717) is 0 Å². The molecule has 0 aliphatic carbocycles. The highest BCUT2D eigenvalue weighted by Gasteiger charge is 1.84. The van der Waals surface area contributed by atoms with Gasteiger partial charge in [0.1, 0.15) is 0 Å². The molecule has 46 valence electrons. The topological polar surface area (TPSA) is 56.0 Å². The molecular formula is C6H6N2O. The number of nitrogens with two attached hydrogens (primary N) is 1. The van der Waals surface area contributed by atoms with Gasteiger partial charge in [-0.3, -0.25) is 4.79 Å². The molecule has 1 aromatic rings. The van der Waals surface area contributed by atoms with E-state index in [-0.39, 0.29) is 11.2 Å². The molecule has 0 aromatic carbocycles. The second-order valence-corrected chi connectivity index (χ2v) is 1.59. The molecule has 3 heteroatoms. The summed E-state index contributed by atoms with van der Waals surface area (Å²) in [6, 6.07) is 4.84. The Labute approximate surface area is 52.2 Å². The maximum atomic E-state index is 10.6. The molecule has 0 unspecified atom stereocenters. The quantitative estimate of drug-likeness (QED) is 0.528. The lowest BCUT2D eigenvalue weighted by Gasteiger charge is -1.74. The summed E-state index contributed by atoms with van der Waals surface area (Å²) < 4.78 is 0. The lowest BCUT2D eigenvalue weighted by molar-refractivity contribution is 1.28. The van der Waals surface area contributed by atoms with E-state index in [0.717, 1.165) is 0 Å². The Morgan fingerprint density at radius 1 is 1.44 bits per heavy atom. The Morgan fingerprint density at radius 2 is 2.22 bits per heavy atom. The molecule has 0 aliphatic heterocycles. The first-order valence-corrected chi connectivity index (χ1v) is 2.51. The molecule has 2 N–H and O–H groups in total. The first-order chi connectivity index (χ1) is 4.30. The molecule has 0 aliphatic rings. The molecule has 0 fully saturated rings. The van der Waals surface area contributed by atoms with Gasteiger partial charge in [0.05, 0.1) is 5.69 Å². The number of aromatic nitrogens is 1. The lowest BCUT2D eigenvalue weighted by atomic mass is 10.5. The maximum Gasteiger partial charge on any atom is 0.292 e. The van der Waals surface area contributed by atoms with Crippen LogP contribution in [0.3, 0.4) is 0 Å². The predicted octanol–water partition coefficient (Wildman–Crippen LogP) is 0.0240. The van der Waals surface area contributed by atoms with E-state index in [9.17, 15) is 4.79 Å². The van der Waals surface area contributed by atoms with Crippen molar-refractivity contribution >= 4 is 5.69 Å². The lowest BCUT2D eigenvalue weighted by Crippen LogP contribution is -2.06.